The highest BCUT2D eigenvalue weighted by Gasteiger charge is 2.23. The molecule has 2 atom stereocenters. The third kappa shape index (κ3) is 4.39. The molecule has 10 heteroatoms. The molecule has 0 spiro atoms. The highest BCUT2D eigenvalue weighted by Crippen LogP contribution is 2.31. The van der Waals surface area contributed by atoms with E-state index in [4.69, 9.17) is 21.1 Å². The van der Waals surface area contributed by atoms with Crippen molar-refractivity contribution in [2.24, 2.45) is 0 Å². The van der Waals surface area contributed by atoms with Crippen LogP contribution in [0.4, 0.5) is 0 Å². The summed E-state index contributed by atoms with van der Waals surface area (Å²) in [4.78, 5) is 26.6. The smallest absolute Gasteiger partial charge is 0.330 e. The summed E-state index contributed by atoms with van der Waals surface area (Å²) >= 11 is 6.56. The van der Waals surface area contributed by atoms with Gasteiger partial charge in [-0.1, -0.05) is 48.0 Å². The van der Waals surface area contributed by atoms with Gasteiger partial charge in [0.2, 0.25) is 0 Å². The van der Waals surface area contributed by atoms with Crippen LogP contribution >= 0.6 is 11.6 Å². The van der Waals surface area contributed by atoms with Crippen molar-refractivity contribution in [3.05, 3.63) is 82.5 Å². The number of rotatable bonds is 5. The molecule has 3 N–H and O–H groups in total. The van der Waals surface area contributed by atoms with Gasteiger partial charge in [-0.3, -0.25) is 4.57 Å². The summed E-state index contributed by atoms with van der Waals surface area (Å²) in [6.07, 6.45) is 2.96. The van der Waals surface area contributed by atoms with Crippen LogP contribution in [0.1, 0.15) is 6.42 Å². The van der Waals surface area contributed by atoms with Crippen molar-refractivity contribution in [2.45, 2.75) is 18.6 Å². The average Bonchev–Trinajstić information content (AvgIpc) is 3.48. The highest BCUT2D eigenvalue weighted by molar-refractivity contribution is 6.33. The number of nitrogens with zero attached hydrogens (tertiary/aromatic N) is 3. The number of H-pyrrole nitrogens is 2. The standard InChI is InChI=1S/C26H22ClN5O4/c27-21-12-22-24(31-25(29-22)36-20-11-19(33)13-35-14-20)30-23(21)17-3-1-15(2-4-17)16-5-7-18(8-6-16)32-10-9-28-26(32)34/h1-10,12,19-20,33H,11,13-14H2,(H,28,34)(H,29,30,31). The van der Waals surface area contributed by atoms with Crippen molar-refractivity contribution in [1.29, 1.82) is 0 Å². The fourth-order valence-corrected chi connectivity index (χ4v) is 4.59. The molecular weight excluding hydrogens is 482 g/mol. The van der Waals surface area contributed by atoms with Gasteiger partial charge >= 0.3 is 5.69 Å². The number of aliphatic hydroxyl groups is 1. The summed E-state index contributed by atoms with van der Waals surface area (Å²) in [5, 5.41) is 10.3. The van der Waals surface area contributed by atoms with Crippen molar-refractivity contribution < 1.29 is 14.6 Å². The number of fused-ring (bicyclic) bond motifs is 1. The molecule has 1 aliphatic rings. The first-order chi connectivity index (χ1) is 17.5. The Morgan fingerprint density at radius 1 is 1.03 bits per heavy atom. The largest absolute Gasteiger partial charge is 0.459 e. The summed E-state index contributed by atoms with van der Waals surface area (Å²) in [5.74, 6) is 0. The number of nitrogens with one attached hydrogen (secondary N) is 2. The fraction of sp³-hybridized carbons (Fsp3) is 0.192. The lowest BCUT2D eigenvalue weighted by Gasteiger charge is -2.25. The lowest BCUT2D eigenvalue weighted by molar-refractivity contribution is -0.0646. The van der Waals surface area contributed by atoms with Gasteiger partial charge < -0.3 is 24.5 Å². The van der Waals surface area contributed by atoms with E-state index in [-0.39, 0.29) is 11.8 Å². The van der Waals surface area contributed by atoms with Crippen LogP contribution in [-0.4, -0.2) is 55.0 Å². The van der Waals surface area contributed by atoms with Crippen LogP contribution in [0, 0.1) is 0 Å². The SMILES string of the molecule is O=c1[nH]ccn1-c1ccc(-c2ccc(-c3nc4nc(OC5COCC(O)C5)[nH]c4cc3Cl)cc2)cc1. The molecular formula is C26H22ClN5O4. The van der Waals surface area contributed by atoms with E-state index in [1.54, 1.807) is 23.0 Å². The molecule has 36 heavy (non-hydrogen) atoms. The van der Waals surface area contributed by atoms with Crippen LogP contribution < -0.4 is 10.4 Å². The van der Waals surface area contributed by atoms with E-state index in [0.717, 1.165) is 22.4 Å². The van der Waals surface area contributed by atoms with Gasteiger partial charge in [0, 0.05) is 24.4 Å². The number of aromatic amines is 2. The van der Waals surface area contributed by atoms with Crippen molar-refractivity contribution >= 4 is 22.8 Å². The van der Waals surface area contributed by atoms with Crippen molar-refractivity contribution in [1.82, 2.24) is 24.5 Å². The number of benzene rings is 2. The zero-order valence-corrected chi connectivity index (χ0v) is 19.8. The third-order valence-corrected chi connectivity index (χ3v) is 6.41. The van der Waals surface area contributed by atoms with E-state index in [9.17, 15) is 9.90 Å². The fourth-order valence-electron chi connectivity index (χ4n) is 4.33. The van der Waals surface area contributed by atoms with Gasteiger partial charge in [-0.25, -0.2) is 9.78 Å². The van der Waals surface area contributed by atoms with Gasteiger partial charge in [0.25, 0.3) is 6.01 Å². The summed E-state index contributed by atoms with van der Waals surface area (Å²) in [6, 6.07) is 17.8. The van der Waals surface area contributed by atoms with Crippen LogP contribution in [-0.2, 0) is 4.74 Å². The van der Waals surface area contributed by atoms with Gasteiger partial charge in [-0.15, -0.1) is 0 Å². The Morgan fingerprint density at radius 3 is 2.44 bits per heavy atom. The summed E-state index contributed by atoms with van der Waals surface area (Å²) in [6.45, 7) is 0.715. The second kappa shape index (κ2) is 9.27. The van der Waals surface area contributed by atoms with Gasteiger partial charge in [-0.05, 0) is 29.3 Å². The maximum absolute atomic E-state index is 11.8. The first kappa shape index (κ1) is 22.5. The number of halogens is 1. The number of pyridine rings is 1. The number of hydrogen-bond donors (Lipinski definition) is 3. The first-order valence-corrected chi connectivity index (χ1v) is 11.9. The van der Waals surface area contributed by atoms with Crippen molar-refractivity contribution in [3.8, 4) is 34.1 Å². The van der Waals surface area contributed by atoms with Crippen LogP contribution in [0.5, 0.6) is 6.01 Å². The summed E-state index contributed by atoms with van der Waals surface area (Å²) in [7, 11) is 0. The minimum absolute atomic E-state index is 0.175. The molecule has 0 saturated carbocycles. The molecule has 182 valence electrons. The Morgan fingerprint density at radius 2 is 1.75 bits per heavy atom. The molecule has 5 aromatic rings. The number of ether oxygens (including phenoxy) is 2. The molecule has 9 nitrogen and oxygen atoms in total. The van der Waals surface area contributed by atoms with E-state index < -0.39 is 6.10 Å². The van der Waals surface area contributed by atoms with E-state index in [0.29, 0.717) is 47.5 Å². The molecule has 1 saturated heterocycles. The zero-order valence-electron chi connectivity index (χ0n) is 19.0. The molecule has 1 aliphatic heterocycles. The second-order valence-electron chi connectivity index (χ2n) is 8.66. The average molecular weight is 504 g/mol. The monoisotopic (exact) mass is 503 g/mol. The topological polar surface area (TPSA) is 118 Å². The van der Waals surface area contributed by atoms with Gasteiger partial charge in [-0.2, -0.15) is 4.98 Å². The van der Waals surface area contributed by atoms with Crippen LogP contribution in [0.2, 0.25) is 5.02 Å². The third-order valence-electron chi connectivity index (χ3n) is 6.12. The Hall–Kier alpha value is -3.92. The molecule has 0 aliphatic carbocycles. The molecule has 1 fully saturated rings. The van der Waals surface area contributed by atoms with Gasteiger partial charge in [0.05, 0.1) is 41.2 Å². The minimum Gasteiger partial charge on any atom is -0.459 e. The lowest BCUT2D eigenvalue weighted by Crippen LogP contribution is -2.36. The Labute approximate surface area is 210 Å². The zero-order chi connectivity index (χ0) is 24.6. The van der Waals surface area contributed by atoms with Crippen LogP contribution in [0.3, 0.4) is 0 Å². The molecule has 2 aromatic carbocycles. The molecule has 0 radical (unpaired) electrons. The van der Waals surface area contributed by atoms with Gasteiger partial charge in [0.1, 0.15) is 6.10 Å². The van der Waals surface area contributed by atoms with E-state index in [1.807, 2.05) is 48.5 Å². The van der Waals surface area contributed by atoms with Crippen LogP contribution in [0.25, 0.3) is 39.2 Å². The molecule has 0 bridgehead atoms. The predicted octanol–water partition coefficient (Wildman–Crippen LogP) is 3.95. The quantitative estimate of drug-likeness (QED) is 0.334. The highest BCUT2D eigenvalue weighted by atomic mass is 35.5. The Bertz CT molecular complexity index is 1570. The maximum atomic E-state index is 11.8. The number of aliphatic hydroxyl groups excluding tert-OH is 1. The maximum Gasteiger partial charge on any atom is 0.330 e. The predicted molar refractivity (Wildman–Crippen MR) is 136 cm³/mol. The van der Waals surface area contributed by atoms with Crippen molar-refractivity contribution in [3.63, 3.8) is 0 Å². The van der Waals surface area contributed by atoms with E-state index in [2.05, 4.69) is 19.9 Å². The minimum atomic E-state index is -0.545. The van der Waals surface area contributed by atoms with Gasteiger partial charge in [0.15, 0.2) is 5.65 Å². The van der Waals surface area contributed by atoms with Crippen molar-refractivity contribution in [2.75, 3.05) is 13.2 Å². The van der Waals surface area contributed by atoms with E-state index >= 15 is 0 Å². The molecule has 0 amide bonds. The number of imidazole rings is 2. The first-order valence-electron chi connectivity index (χ1n) is 11.5. The Balaban J connectivity index is 1.23. The second-order valence-corrected chi connectivity index (χ2v) is 9.07. The lowest BCUT2D eigenvalue weighted by atomic mass is 10.0. The molecule has 4 heterocycles. The Kier molecular flexibility index (Phi) is 5.80. The summed E-state index contributed by atoms with van der Waals surface area (Å²) in [5.41, 5.74) is 5.29. The van der Waals surface area contributed by atoms with Crippen LogP contribution in [0.15, 0.2) is 71.8 Å². The number of aromatic nitrogens is 5. The summed E-state index contributed by atoms with van der Waals surface area (Å²) < 4.78 is 12.7. The molecule has 3 aromatic heterocycles. The van der Waals surface area contributed by atoms with E-state index in [1.165, 1.54) is 0 Å². The number of hydrogen-bond acceptors (Lipinski definition) is 6. The molecule has 2 unspecified atom stereocenters. The molecule has 6 rings (SSSR count). The normalized spacial score (nSPS) is 17.9.